The Morgan fingerprint density at radius 2 is 1.95 bits per heavy atom. The molecular formula is C17H27N4+. The Labute approximate surface area is 127 Å². The van der Waals surface area contributed by atoms with E-state index in [2.05, 4.69) is 72.5 Å². The minimum Gasteiger partial charge on any atom is -0.277 e. The lowest BCUT2D eigenvalue weighted by Gasteiger charge is -2.26. The highest BCUT2D eigenvalue weighted by Gasteiger charge is 2.19. The average Bonchev–Trinajstić information content (AvgIpc) is 2.98. The standard InChI is InChI=1S/C17H26N4/c1-5-17(3,4)10-13(2)15-8-6-14(7-9-15)11-18-16-19-12-20-21-16/h6-9,12-13H,5,10-11H2,1-4H3,(H2,18,19,20,21)/p+1. The molecule has 2 aromatic rings. The van der Waals surface area contributed by atoms with Crippen LogP contribution in [0.3, 0.4) is 0 Å². The third-order valence-electron chi connectivity index (χ3n) is 4.33. The fourth-order valence-electron chi connectivity index (χ4n) is 2.60. The fourth-order valence-corrected chi connectivity index (χ4v) is 2.60. The number of nitrogens with zero attached hydrogens (tertiary/aromatic N) is 2. The van der Waals surface area contributed by atoms with Gasteiger partial charge < -0.3 is 0 Å². The molecule has 0 spiro atoms. The number of H-pyrrole nitrogens is 1. The van der Waals surface area contributed by atoms with Gasteiger partial charge in [-0.2, -0.15) is 10.1 Å². The zero-order valence-electron chi connectivity index (χ0n) is 13.6. The van der Waals surface area contributed by atoms with Crippen LogP contribution in [0.5, 0.6) is 0 Å². The number of nitrogens with one attached hydrogen (secondary N) is 1. The predicted octanol–water partition coefficient (Wildman–Crippen LogP) is 3.13. The van der Waals surface area contributed by atoms with Crippen molar-refractivity contribution in [1.82, 2.24) is 15.2 Å². The summed E-state index contributed by atoms with van der Waals surface area (Å²) in [4.78, 5) is 4.10. The molecule has 2 rings (SSSR count). The van der Waals surface area contributed by atoms with Gasteiger partial charge in [0.25, 0.3) is 0 Å². The van der Waals surface area contributed by atoms with Crippen molar-refractivity contribution in [3.8, 4) is 0 Å². The number of aromatic nitrogens is 3. The van der Waals surface area contributed by atoms with Crippen molar-refractivity contribution >= 4 is 5.95 Å². The Balaban J connectivity index is 1.92. The number of hydrogen-bond donors (Lipinski definition) is 2. The molecule has 21 heavy (non-hydrogen) atoms. The van der Waals surface area contributed by atoms with Crippen molar-refractivity contribution in [2.45, 2.75) is 53.0 Å². The van der Waals surface area contributed by atoms with E-state index in [1.165, 1.54) is 30.3 Å². The summed E-state index contributed by atoms with van der Waals surface area (Å²) in [6, 6.07) is 8.97. The second kappa shape index (κ2) is 6.85. The van der Waals surface area contributed by atoms with E-state index in [4.69, 9.17) is 0 Å². The van der Waals surface area contributed by atoms with E-state index in [-0.39, 0.29) is 0 Å². The van der Waals surface area contributed by atoms with Gasteiger partial charge in [0, 0.05) is 5.56 Å². The Hall–Kier alpha value is -1.68. The quantitative estimate of drug-likeness (QED) is 0.822. The first-order valence-electron chi connectivity index (χ1n) is 7.77. The molecule has 0 fully saturated rings. The normalized spacial score (nSPS) is 13.3. The Morgan fingerprint density at radius 1 is 1.24 bits per heavy atom. The SMILES string of the molecule is CCC(C)(C)CC(C)c1ccc(C[NH2+]c2ncn[nH]2)cc1. The number of hydrogen-bond acceptors (Lipinski definition) is 2. The first-order chi connectivity index (χ1) is 10.00. The summed E-state index contributed by atoms with van der Waals surface area (Å²) in [5.74, 6) is 1.43. The molecule has 0 amide bonds. The van der Waals surface area contributed by atoms with Gasteiger partial charge in [0.2, 0.25) is 0 Å². The minimum atomic E-state index is 0.415. The van der Waals surface area contributed by atoms with Crippen LogP contribution in [-0.2, 0) is 6.54 Å². The fraction of sp³-hybridized carbons (Fsp3) is 0.529. The van der Waals surface area contributed by atoms with E-state index in [0.29, 0.717) is 11.3 Å². The number of quaternary nitrogens is 1. The molecule has 1 aromatic carbocycles. The van der Waals surface area contributed by atoms with Gasteiger partial charge in [-0.1, -0.05) is 58.4 Å². The van der Waals surface area contributed by atoms with Gasteiger partial charge in [0.1, 0.15) is 12.9 Å². The molecule has 4 nitrogen and oxygen atoms in total. The second-order valence-corrected chi connectivity index (χ2v) is 6.64. The molecule has 4 heteroatoms. The van der Waals surface area contributed by atoms with Gasteiger partial charge in [-0.3, -0.25) is 5.32 Å². The molecule has 0 aliphatic carbocycles. The largest absolute Gasteiger partial charge is 0.321 e. The average molecular weight is 287 g/mol. The van der Waals surface area contributed by atoms with E-state index in [0.717, 1.165) is 12.5 Å². The minimum absolute atomic E-state index is 0.415. The second-order valence-electron chi connectivity index (χ2n) is 6.64. The molecule has 0 radical (unpaired) electrons. The van der Waals surface area contributed by atoms with Crippen LogP contribution in [0.4, 0.5) is 5.95 Å². The predicted molar refractivity (Wildman–Crippen MR) is 85.2 cm³/mol. The van der Waals surface area contributed by atoms with Gasteiger partial charge in [0.05, 0.1) is 0 Å². The van der Waals surface area contributed by atoms with Crippen molar-refractivity contribution in [2.75, 3.05) is 0 Å². The van der Waals surface area contributed by atoms with Crippen LogP contribution in [0.1, 0.15) is 57.6 Å². The molecule has 0 bridgehead atoms. The van der Waals surface area contributed by atoms with Crippen LogP contribution in [-0.4, -0.2) is 15.2 Å². The number of nitrogens with two attached hydrogens (primary N) is 1. The third-order valence-corrected chi connectivity index (χ3v) is 4.33. The zero-order chi connectivity index (χ0) is 15.3. The molecule has 0 aliphatic heterocycles. The molecular weight excluding hydrogens is 260 g/mol. The number of rotatable bonds is 7. The van der Waals surface area contributed by atoms with E-state index >= 15 is 0 Å². The first-order valence-corrected chi connectivity index (χ1v) is 7.77. The van der Waals surface area contributed by atoms with Crippen LogP contribution >= 0.6 is 0 Å². The van der Waals surface area contributed by atoms with Gasteiger partial charge in [-0.05, 0) is 23.3 Å². The topological polar surface area (TPSA) is 58.2 Å². The summed E-state index contributed by atoms with van der Waals surface area (Å²) in [5, 5.41) is 8.76. The third kappa shape index (κ3) is 4.67. The summed E-state index contributed by atoms with van der Waals surface area (Å²) >= 11 is 0. The van der Waals surface area contributed by atoms with E-state index in [1.807, 2.05) is 0 Å². The first kappa shape index (κ1) is 15.7. The van der Waals surface area contributed by atoms with Crippen LogP contribution in [0.15, 0.2) is 30.6 Å². The molecule has 0 saturated heterocycles. The van der Waals surface area contributed by atoms with E-state index < -0.39 is 0 Å². The van der Waals surface area contributed by atoms with Gasteiger partial charge >= 0.3 is 5.95 Å². The maximum absolute atomic E-state index is 4.10. The monoisotopic (exact) mass is 287 g/mol. The highest BCUT2D eigenvalue weighted by molar-refractivity contribution is 5.24. The van der Waals surface area contributed by atoms with Gasteiger partial charge in [-0.25, -0.2) is 5.10 Å². The van der Waals surface area contributed by atoms with E-state index in [9.17, 15) is 0 Å². The van der Waals surface area contributed by atoms with Crippen molar-refractivity contribution < 1.29 is 5.32 Å². The summed E-state index contributed by atoms with van der Waals surface area (Å²) < 4.78 is 0. The molecule has 0 saturated carbocycles. The Kier molecular flexibility index (Phi) is 5.12. The lowest BCUT2D eigenvalue weighted by molar-refractivity contribution is -0.595. The van der Waals surface area contributed by atoms with Crippen molar-refractivity contribution in [3.63, 3.8) is 0 Å². The zero-order valence-corrected chi connectivity index (χ0v) is 13.6. The highest BCUT2D eigenvalue weighted by Crippen LogP contribution is 2.33. The maximum atomic E-state index is 4.10. The van der Waals surface area contributed by atoms with E-state index in [1.54, 1.807) is 0 Å². The van der Waals surface area contributed by atoms with Crippen LogP contribution < -0.4 is 5.32 Å². The molecule has 114 valence electrons. The van der Waals surface area contributed by atoms with Crippen molar-refractivity contribution in [3.05, 3.63) is 41.7 Å². The summed E-state index contributed by atoms with van der Waals surface area (Å²) in [6.45, 7) is 10.2. The summed E-state index contributed by atoms with van der Waals surface area (Å²) in [5.41, 5.74) is 3.15. The van der Waals surface area contributed by atoms with Crippen molar-refractivity contribution in [1.29, 1.82) is 0 Å². The van der Waals surface area contributed by atoms with Crippen LogP contribution in [0.2, 0.25) is 0 Å². The number of aromatic amines is 1. The summed E-state index contributed by atoms with van der Waals surface area (Å²) in [6.07, 6.45) is 3.99. The Bertz CT molecular complexity index is 528. The van der Waals surface area contributed by atoms with Gasteiger partial charge in [0.15, 0.2) is 0 Å². The highest BCUT2D eigenvalue weighted by atomic mass is 15.3. The molecule has 1 unspecified atom stereocenters. The van der Waals surface area contributed by atoms with Gasteiger partial charge in [-0.15, -0.1) is 0 Å². The van der Waals surface area contributed by atoms with Crippen molar-refractivity contribution in [2.24, 2.45) is 5.41 Å². The van der Waals surface area contributed by atoms with Crippen LogP contribution in [0, 0.1) is 5.41 Å². The molecule has 1 heterocycles. The molecule has 1 atom stereocenters. The molecule has 1 aromatic heterocycles. The molecule has 0 aliphatic rings. The molecule has 3 N–H and O–H groups in total. The smallest absolute Gasteiger partial charge is 0.277 e. The maximum Gasteiger partial charge on any atom is 0.321 e. The number of benzene rings is 1. The Morgan fingerprint density at radius 3 is 2.52 bits per heavy atom. The summed E-state index contributed by atoms with van der Waals surface area (Å²) in [7, 11) is 0. The van der Waals surface area contributed by atoms with Crippen LogP contribution in [0.25, 0.3) is 0 Å². The lowest BCUT2D eigenvalue weighted by Crippen LogP contribution is -2.76. The lowest BCUT2D eigenvalue weighted by atomic mass is 9.79.